The SMILES string of the molecule is Cc1cc(F)cc(-c2cc(N)n(C)n2)c1. The summed E-state index contributed by atoms with van der Waals surface area (Å²) >= 11 is 0. The van der Waals surface area contributed by atoms with E-state index in [2.05, 4.69) is 5.10 Å². The molecular weight excluding hydrogens is 193 g/mol. The number of halogens is 1. The highest BCUT2D eigenvalue weighted by molar-refractivity contribution is 5.63. The van der Waals surface area contributed by atoms with Crippen LogP contribution in [0.2, 0.25) is 0 Å². The van der Waals surface area contributed by atoms with E-state index in [9.17, 15) is 4.39 Å². The van der Waals surface area contributed by atoms with Gasteiger partial charge < -0.3 is 5.73 Å². The molecule has 4 heteroatoms. The average molecular weight is 205 g/mol. The van der Waals surface area contributed by atoms with Crippen LogP contribution in [-0.2, 0) is 7.05 Å². The minimum Gasteiger partial charge on any atom is -0.384 e. The zero-order valence-corrected chi connectivity index (χ0v) is 8.66. The highest BCUT2D eigenvalue weighted by Gasteiger charge is 2.06. The first kappa shape index (κ1) is 9.71. The van der Waals surface area contributed by atoms with Crippen LogP contribution in [0.5, 0.6) is 0 Å². The van der Waals surface area contributed by atoms with Gasteiger partial charge in [0.15, 0.2) is 0 Å². The average Bonchev–Trinajstić information content (AvgIpc) is 2.45. The molecule has 0 unspecified atom stereocenters. The maximum Gasteiger partial charge on any atom is 0.124 e. The highest BCUT2D eigenvalue weighted by atomic mass is 19.1. The minimum absolute atomic E-state index is 0.255. The molecule has 1 heterocycles. The smallest absolute Gasteiger partial charge is 0.124 e. The van der Waals surface area contributed by atoms with Gasteiger partial charge in [-0.15, -0.1) is 0 Å². The zero-order chi connectivity index (χ0) is 11.0. The number of benzene rings is 1. The fourth-order valence-corrected chi connectivity index (χ4v) is 1.51. The van der Waals surface area contributed by atoms with Crippen LogP contribution >= 0.6 is 0 Å². The molecule has 0 saturated carbocycles. The Kier molecular flexibility index (Phi) is 2.19. The van der Waals surface area contributed by atoms with E-state index in [0.29, 0.717) is 11.5 Å². The molecule has 2 rings (SSSR count). The molecule has 0 atom stereocenters. The Balaban J connectivity index is 2.53. The third-order valence-corrected chi connectivity index (χ3v) is 2.25. The predicted molar refractivity (Wildman–Crippen MR) is 57.8 cm³/mol. The molecule has 78 valence electrons. The molecule has 15 heavy (non-hydrogen) atoms. The van der Waals surface area contributed by atoms with E-state index in [1.54, 1.807) is 17.8 Å². The van der Waals surface area contributed by atoms with Crippen molar-refractivity contribution in [2.45, 2.75) is 6.92 Å². The number of nitrogens with two attached hydrogens (primary N) is 1. The molecule has 1 aromatic heterocycles. The van der Waals surface area contributed by atoms with Gasteiger partial charge in [-0.1, -0.05) is 0 Å². The fourth-order valence-electron chi connectivity index (χ4n) is 1.51. The van der Waals surface area contributed by atoms with Gasteiger partial charge in [0.2, 0.25) is 0 Å². The fraction of sp³-hybridized carbons (Fsp3) is 0.182. The predicted octanol–water partition coefficient (Wildman–Crippen LogP) is 2.12. The van der Waals surface area contributed by atoms with Crippen LogP contribution in [0.4, 0.5) is 10.2 Å². The third-order valence-electron chi connectivity index (χ3n) is 2.25. The number of hydrogen-bond acceptors (Lipinski definition) is 2. The van der Waals surface area contributed by atoms with Gasteiger partial charge in [-0.05, 0) is 30.7 Å². The first-order valence-corrected chi connectivity index (χ1v) is 4.63. The lowest BCUT2D eigenvalue weighted by atomic mass is 10.1. The van der Waals surface area contributed by atoms with Crippen molar-refractivity contribution in [3.63, 3.8) is 0 Å². The second-order valence-electron chi connectivity index (χ2n) is 3.60. The second kappa shape index (κ2) is 3.38. The van der Waals surface area contributed by atoms with Crippen molar-refractivity contribution >= 4 is 5.82 Å². The van der Waals surface area contributed by atoms with Crippen LogP contribution in [-0.4, -0.2) is 9.78 Å². The Labute approximate surface area is 87.3 Å². The molecule has 2 aromatic rings. The summed E-state index contributed by atoms with van der Waals surface area (Å²) in [5.74, 6) is 0.307. The molecule has 0 aliphatic rings. The lowest BCUT2D eigenvalue weighted by Gasteiger charge is -1.99. The number of nitrogen functional groups attached to an aromatic ring is 1. The Bertz CT molecular complexity index is 463. The van der Waals surface area contributed by atoms with Crippen LogP contribution in [0.25, 0.3) is 11.3 Å². The van der Waals surface area contributed by atoms with E-state index in [0.717, 1.165) is 11.1 Å². The lowest BCUT2D eigenvalue weighted by molar-refractivity contribution is 0.627. The van der Waals surface area contributed by atoms with Gasteiger partial charge in [0.05, 0.1) is 5.69 Å². The lowest BCUT2D eigenvalue weighted by Crippen LogP contribution is -1.96. The van der Waals surface area contributed by atoms with Crippen molar-refractivity contribution in [2.75, 3.05) is 5.73 Å². The molecular formula is C11H12FN3. The summed E-state index contributed by atoms with van der Waals surface area (Å²) in [5, 5.41) is 4.19. The zero-order valence-electron chi connectivity index (χ0n) is 8.66. The highest BCUT2D eigenvalue weighted by Crippen LogP contribution is 2.22. The Morgan fingerprint density at radius 2 is 2.00 bits per heavy atom. The molecule has 1 aromatic carbocycles. The summed E-state index contributed by atoms with van der Waals surface area (Å²) in [4.78, 5) is 0. The normalized spacial score (nSPS) is 10.6. The molecule has 0 saturated heterocycles. The van der Waals surface area contributed by atoms with E-state index in [1.165, 1.54) is 12.1 Å². The summed E-state index contributed by atoms with van der Waals surface area (Å²) in [6.07, 6.45) is 0. The summed E-state index contributed by atoms with van der Waals surface area (Å²) in [6.45, 7) is 1.85. The number of anilines is 1. The Hall–Kier alpha value is -1.84. The summed E-state index contributed by atoms with van der Waals surface area (Å²) in [7, 11) is 1.75. The topological polar surface area (TPSA) is 43.8 Å². The molecule has 0 aliphatic heterocycles. The number of aromatic nitrogens is 2. The molecule has 0 amide bonds. The maximum atomic E-state index is 13.2. The molecule has 0 aliphatic carbocycles. The largest absolute Gasteiger partial charge is 0.384 e. The van der Waals surface area contributed by atoms with Crippen LogP contribution in [0, 0.1) is 12.7 Å². The maximum absolute atomic E-state index is 13.2. The Morgan fingerprint density at radius 1 is 1.27 bits per heavy atom. The molecule has 0 fully saturated rings. The van der Waals surface area contributed by atoms with Crippen LogP contribution < -0.4 is 5.73 Å². The van der Waals surface area contributed by atoms with E-state index in [4.69, 9.17) is 5.73 Å². The van der Waals surface area contributed by atoms with Crippen LogP contribution in [0.3, 0.4) is 0 Å². The molecule has 0 spiro atoms. The number of nitrogens with zero attached hydrogens (tertiary/aromatic N) is 2. The number of aryl methyl sites for hydroxylation is 2. The van der Waals surface area contributed by atoms with Crippen molar-refractivity contribution in [1.29, 1.82) is 0 Å². The number of hydrogen-bond donors (Lipinski definition) is 1. The number of rotatable bonds is 1. The van der Waals surface area contributed by atoms with Crippen molar-refractivity contribution in [3.05, 3.63) is 35.6 Å². The van der Waals surface area contributed by atoms with E-state index >= 15 is 0 Å². The summed E-state index contributed by atoms with van der Waals surface area (Å²) in [5.41, 5.74) is 7.97. The summed E-state index contributed by atoms with van der Waals surface area (Å²) in [6, 6.07) is 6.55. The monoisotopic (exact) mass is 205 g/mol. The van der Waals surface area contributed by atoms with Gasteiger partial charge in [-0.3, -0.25) is 4.68 Å². The van der Waals surface area contributed by atoms with E-state index in [-0.39, 0.29) is 5.82 Å². The molecule has 0 radical (unpaired) electrons. The van der Waals surface area contributed by atoms with Gasteiger partial charge >= 0.3 is 0 Å². The van der Waals surface area contributed by atoms with Gasteiger partial charge in [0, 0.05) is 18.7 Å². The van der Waals surface area contributed by atoms with Crippen molar-refractivity contribution < 1.29 is 4.39 Å². The van der Waals surface area contributed by atoms with Gasteiger partial charge in [0.1, 0.15) is 11.6 Å². The first-order valence-electron chi connectivity index (χ1n) is 4.63. The minimum atomic E-state index is -0.255. The van der Waals surface area contributed by atoms with Gasteiger partial charge in [-0.25, -0.2) is 4.39 Å². The summed E-state index contributed by atoms with van der Waals surface area (Å²) < 4.78 is 14.7. The standard InChI is InChI=1S/C11H12FN3/c1-7-3-8(5-9(12)4-7)10-6-11(13)15(2)14-10/h3-6H,13H2,1-2H3. The second-order valence-corrected chi connectivity index (χ2v) is 3.60. The molecule has 3 nitrogen and oxygen atoms in total. The molecule has 2 N–H and O–H groups in total. The van der Waals surface area contributed by atoms with Crippen molar-refractivity contribution in [2.24, 2.45) is 7.05 Å². The van der Waals surface area contributed by atoms with E-state index < -0.39 is 0 Å². The van der Waals surface area contributed by atoms with Gasteiger partial charge in [0.25, 0.3) is 0 Å². The first-order chi connectivity index (χ1) is 7.06. The van der Waals surface area contributed by atoms with Gasteiger partial charge in [-0.2, -0.15) is 5.10 Å². The Morgan fingerprint density at radius 3 is 2.53 bits per heavy atom. The van der Waals surface area contributed by atoms with Crippen molar-refractivity contribution in [1.82, 2.24) is 9.78 Å². The van der Waals surface area contributed by atoms with Crippen LogP contribution in [0.1, 0.15) is 5.56 Å². The quantitative estimate of drug-likeness (QED) is 0.774. The van der Waals surface area contributed by atoms with Crippen molar-refractivity contribution in [3.8, 4) is 11.3 Å². The van der Waals surface area contributed by atoms with E-state index in [1.807, 2.05) is 13.0 Å². The van der Waals surface area contributed by atoms with Crippen LogP contribution in [0.15, 0.2) is 24.3 Å². The molecule has 0 bridgehead atoms. The third kappa shape index (κ3) is 1.83.